The SMILES string of the molecule is CC(C)Oc1cc(Oc2ccc(SC3CC3)nc2)cc(C(=O)Nc2nc3ccc(OC(C)C)nc3s2)c1. The molecule has 10 heteroatoms. The number of amides is 1. The summed E-state index contributed by atoms with van der Waals surface area (Å²) in [5, 5.41) is 4.99. The van der Waals surface area contributed by atoms with Crippen molar-refractivity contribution in [3.05, 3.63) is 54.2 Å². The van der Waals surface area contributed by atoms with E-state index < -0.39 is 0 Å². The monoisotopic (exact) mass is 536 g/mol. The highest BCUT2D eigenvalue weighted by molar-refractivity contribution is 8.00. The lowest BCUT2D eigenvalue weighted by molar-refractivity contribution is 0.102. The van der Waals surface area contributed by atoms with E-state index in [1.165, 1.54) is 24.2 Å². The number of pyridine rings is 2. The Morgan fingerprint density at radius 1 is 0.973 bits per heavy atom. The molecule has 5 rings (SSSR count). The number of benzene rings is 1. The van der Waals surface area contributed by atoms with Gasteiger partial charge in [0.05, 0.1) is 23.4 Å². The van der Waals surface area contributed by atoms with E-state index in [0.717, 1.165) is 5.03 Å². The Labute approximate surface area is 223 Å². The minimum Gasteiger partial charge on any atom is -0.491 e. The number of thiazole rings is 1. The van der Waals surface area contributed by atoms with E-state index >= 15 is 0 Å². The lowest BCUT2D eigenvalue weighted by Gasteiger charge is -2.14. The average molecular weight is 537 g/mol. The van der Waals surface area contributed by atoms with Gasteiger partial charge in [0.25, 0.3) is 5.91 Å². The van der Waals surface area contributed by atoms with Gasteiger partial charge in [-0.25, -0.2) is 15.0 Å². The molecule has 0 aliphatic heterocycles. The summed E-state index contributed by atoms with van der Waals surface area (Å²) in [4.78, 5) is 27.3. The molecule has 1 saturated carbocycles. The molecule has 37 heavy (non-hydrogen) atoms. The molecule has 0 saturated heterocycles. The van der Waals surface area contributed by atoms with Gasteiger partial charge in [-0.1, -0.05) is 11.3 Å². The number of nitrogens with one attached hydrogen (secondary N) is 1. The Morgan fingerprint density at radius 3 is 2.46 bits per heavy atom. The molecule has 192 valence electrons. The molecule has 0 radical (unpaired) electrons. The molecule has 0 spiro atoms. The molecule has 4 aromatic rings. The number of thioether (sulfide) groups is 1. The summed E-state index contributed by atoms with van der Waals surface area (Å²) in [5.74, 6) is 1.80. The van der Waals surface area contributed by atoms with Crippen molar-refractivity contribution in [1.82, 2.24) is 15.0 Å². The van der Waals surface area contributed by atoms with Gasteiger partial charge in [0.15, 0.2) is 5.13 Å². The second-order valence-electron chi connectivity index (χ2n) is 9.22. The summed E-state index contributed by atoms with van der Waals surface area (Å²) in [6.45, 7) is 7.75. The van der Waals surface area contributed by atoms with Crippen LogP contribution in [-0.4, -0.2) is 38.3 Å². The molecule has 0 bridgehead atoms. The zero-order valence-corrected chi connectivity index (χ0v) is 22.7. The fourth-order valence-corrected chi connectivity index (χ4v) is 5.22. The molecule has 1 fully saturated rings. The maximum Gasteiger partial charge on any atom is 0.257 e. The van der Waals surface area contributed by atoms with Crippen LogP contribution in [0.1, 0.15) is 50.9 Å². The van der Waals surface area contributed by atoms with Gasteiger partial charge in [0, 0.05) is 22.9 Å². The molecule has 1 aliphatic rings. The van der Waals surface area contributed by atoms with Crippen LogP contribution in [-0.2, 0) is 0 Å². The third-order valence-electron chi connectivity index (χ3n) is 5.08. The topological polar surface area (TPSA) is 95.5 Å². The molecule has 1 N–H and O–H groups in total. The summed E-state index contributed by atoms with van der Waals surface area (Å²) in [7, 11) is 0. The van der Waals surface area contributed by atoms with E-state index in [9.17, 15) is 4.79 Å². The van der Waals surface area contributed by atoms with E-state index in [2.05, 4.69) is 20.3 Å². The first kappa shape index (κ1) is 25.3. The lowest BCUT2D eigenvalue weighted by atomic mass is 10.2. The van der Waals surface area contributed by atoms with E-state index in [1.807, 2.05) is 45.9 Å². The van der Waals surface area contributed by atoms with E-state index in [-0.39, 0.29) is 18.1 Å². The number of nitrogens with zero attached hydrogens (tertiary/aromatic N) is 3. The number of ether oxygens (including phenoxy) is 3. The van der Waals surface area contributed by atoms with Crippen molar-refractivity contribution >= 4 is 44.5 Å². The number of fused-ring (bicyclic) bond motifs is 1. The van der Waals surface area contributed by atoms with Crippen molar-refractivity contribution in [2.45, 2.75) is 63.0 Å². The lowest BCUT2D eigenvalue weighted by Crippen LogP contribution is -2.13. The van der Waals surface area contributed by atoms with Gasteiger partial charge in [0.2, 0.25) is 5.88 Å². The number of carbonyl (C=O) groups is 1. The van der Waals surface area contributed by atoms with E-state index in [4.69, 9.17) is 14.2 Å². The van der Waals surface area contributed by atoms with Gasteiger partial charge in [-0.15, -0.1) is 11.8 Å². The Bertz CT molecular complexity index is 1400. The Hall–Kier alpha value is -3.37. The predicted molar refractivity (Wildman–Crippen MR) is 147 cm³/mol. The Morgan fingerprint density at radius 2 is 1.76 bits per heavy atom. The number of hydrogen-bond donors (Lipinski definition) is 1. The normalized spacial score (nSPS) is 13.2. The first-order valence-electron chi connectivity index (χ1n) is 12.2. The quantitative estimate of drug-likeness (QED) is 0.232. The maximum absolute atomic E-state index is 13.2. The highest BCUT2D eigenvalue weighted by Crippen LogP contribution is 2.38. The van der Waals surface area contributed by atoms with Crippen LogP contribution in [0.2, 0.25) is 0 Å². The van der Waals surface area contributed by atoms with Crippen LogP contribution >= 0.6 is 23.1 Å². The van der Waals surface area contributed by atoms with Crippen LogP contribution in [0.25, 0.3) is 10.3 Å². The van der Waals surface area contributed by atoms with Crippen molar-refractivity contribution in [1.29, 1.82) is 0 Å². The minimum absolute atomic E-state index is 0.0177. The van der Waals surface area contributed by atoms with Crippen LogP contribution in [0.3, 0.4) is 0 Å². The molecule has 1 amide bonds. The van der Waals surface area contributed by atoms with E-state index in [1.54, 1.807) is 42.2 Å². The molecule has 0 unspecified atom stereocenters. The summed E-state index contributed by atoms with van der Waals surface area (Å²) < 4.78 is 17.6. The second kappa shape index (κ2) is 10.9. The van der Waals surface area contributed by atoms with Crippen LogP contribution in [0, 0.1) is 0 Å². The van der Waals surface area contributed by atoms with Crippen LogP contribution < -0.4 is 19.5 Å². The summed E-state index contributed by atoms with van der Waals surface area (Å²) in [6.07, 6.45) is 4.15. The molecule has 1 aromatic carbocycles. The first-order chi connectivity index (χ1) is 17.8. The van der Waals surface area contributed by atoms with Crippen LogP contribution in [0.15, 0.2) is 53.7 Å². The van der Waals surface area contributed by atoms with Gasteiger partial charge < -0.3 is 14.2 Å². The Kier molecular flexibility index (Phi) is 7.48. The number of carbonyl (C=O) groups excluding carboxylic acids is 1. The molecule has 1 aliphatic carbocycles. The molecule has 0 atom stereocenters. The molecule has 3 heterocycles. The van der Waals surface area contributed by atoms with Crippen molar-refractivity contribution in [2.24, 2.45) is 0 Å². The third kappa shape index (κ3) is 6.90. The summed E-state index contributed by atoms with van der Waals surface area (Å²) in [5.41, 5.74) is 1.08. The standard InChI is InChI=1S/C27H28N4O4S2/c1-15(2)33-19-11-17(12-20(13-19)35-18-5-10-24(28-14-18)36-21-6-7-21)25(32)31-27-29-22-8-9-23(34-16(3)4)30-26(22)37-27/h5,8-16,21H,6-7H2,1-4H3,(H,29,31,32). The number of hydrogen-bond acceptors (Lipinski definition) is 9. The maximum atomic E-state index is 13.2. The van der Waals surface area contributed by atoms with Gasteiger partial charge in [-0.3, -0.25) is 10.1 Å². The first-order valence-corrected chi connectivity index (χ1v) is 13.9. The average Bonchev–Trinajstić information content (AvgIpc) is 3.56. The molecule has 8 nitrogen and oxygen atoms in total. The van der Waals surface area contributed by atoms with Crippen molar-refractivity contribution in [3.8, 4) is 23.1 Å². The molecular formula is C27H28N4O4S2. The number of rotatable bonds is 10. The predicted octanol–water partition coefficient (Wildman–Crippen LogP) is 6.96. The van der Waals surface area contributed by atoms with Gasteiger partial charge in [-0.05, 0) is 70.9 Å². The molecule has 3 aromatic heterocycles. The zero-order chi connectivity index (χ0) is 25.9. The number of aromatic nitrogens is 3. The second-order valence-corrected chi connectivity index (χ2v) is 11.5. The van der Waals surface area contributed by atoms with Crippen LogP contribution in [0.4, 0.5) is 5.13 Å². The fraction of sp³-hybridized carbons (Fsp3) is 0.333. The Balaban J connectivity index is 1.34. The van der Waals surface area contributed by atoms with Gasteiger partial charge >= 0.3 is 0 Å². The van der Waals surface area contributed by atoms with Gasteiger partial charge in [-0.2, -0.15) is 0 Å². The zero-order valence-electron chi connectivity index (χ0n) is 21.1. The van der Waals surface area contributed by atoms with Crippen molar-refractivity contribution < 1.29 is 19.0 Å². The third-order valence-corrected chi connectivity index (χ3v) is 7.25. The fourth-order valence-electron chi connectivity index (χ4n) is 3.42. The van der Waals surface area contributed by atoms with Crippen molar-refractivity contribution in [3.63, 3.8) is 0 Å². The highest BCUT2D eigenvalue weighted by Gasteiger charge is 2.23. The smallest absolute Gasteiger partial charge is 0.257 e. The highest BCUT2D eigenvalue weighted by atomic mass is 32.2. The largest absolute Gasteiger partial charge is 0.491 e. The van der Waals surface area contributed by atoms with Crippen LogP contribution in [0.5, 0.6) is 23.1 Å². The molecular weight excluding hydrogens is 508 g/mol. The van der Waals surface area contributed by atoms with Gasteiger partial charge in [0.1, 0.15) is 27.6 Å². The van der Waals surface area contributed by atoms with Crippen molar-refractivity contribution in [2.75, 3.05) is 5.32 Å². The van der Waals surface area contributed by atoms with E-state index in [0.29, 0.717) is 49.4 Å². The minimum atomic E-state index is -0.328. The summed E-state index contributed by atoms with van der Waals surface area (Å²) in [6, 6.07) is 12.6. The summed E-state index contributed by atoms with van der Waals surface area (Å²) >= 11 is 3.08. The number of anilines is 1.